The number of hydrogen-bond donors (Lipinski definition) is 0. The minimum absolute atomic E-state index is 0.184. The number of imidazole rings is 2. The zero-order valence-electron chi connectivity index (χ0n) is 16.6. The first-order chi connectivity index (χ1) is 12.7. The third kappa shape index (κ3) is 2.68. The van der Waals surface area contributed by atoms with Gasteiger partial charge in [-0.15, -0.1) is 0 Å². The van der Waals surface area contributed by atoms with E-state index >= 15 is 0 Å². The van der Waals surface area contributed by atoms with E-state index in [4.69, 9.17) is 4.74 Å². The smallest absolute Gasteiger partial charge is 0.333 e. The van der Waals surface area contributed by atoms with Crippen molar-refractivity contribution in [3.05, 3.63) is 32.2 Å². The minimum atomic E-state index is -0.623. The second-order valence-corrected chi connectivity index (χ2v) is 6.76. The summed E-state index contributed by atoms with van der Waals surface area (Å²) in [6.07, 6.45) is 0.903. The molecule has 0 N–H and O–H groups in total. The zero-order valence-corrected chi connectivity index (χ0v) is 16.6. The van der Waals surface area contributed by atoms with Crippen molar-refractivity contribution in [1.82, 2.24) is 23.1 Å². The number of nitrogens with zero attached hydrogens (tertiary/aromatic N) is 5. The molecule has 9 heteroatoms. The van der Waals surface area contributed by atoms with Crippen molar-refractivity contribution in [2.24, 2.45) is 7.05 Å². The van der Waals surface area contributed by atoms with E-state index in [-0.39, 0.29) is 12.6 Å². The predicted molar refractivity (Wildman–Crippen MR) is 101 cm³/mol. The van der Waals surface area contributed by atoms with Gasteiger partial charge in [0, 0.05) is 24.5 Å². The van der Waals surface area contributed by atoms with E-state index in [1.807, 2.05) is 13.8 Å². The van der Waals surface area contributed by atoms with Gasteiger partial charge in [-0.3, -0.25) is 18.6 Å². The summed E-state index contributed by atoms with van der Waals surface area (Å²) in [6, 6.07) is 0.191. The molecular weight excluding hydrogens is 350 g/mol. The fraction of sp³-hybridized carbons (Fsp3) is 0.556. The van der Waals surface area contributed by atoms with Crippen LogP contribution in [-0.4, -0.2) is 35.7 Å². The molecule has 0 aliphatic rings. The van der Waals surface area contributed by atoms with Crippen LogP contribution in [0.15, 0.2) is 9.59 Å². The summed E-state index contributed by atoms with van der Waals surface area (Å²) in [4.78, 5) is 42.2. The number of fused-ring (bicyclic) bond motifs is 3. The van der Waals surface area contributed by atoms with Gasteiger partial charge >= 0.3 is 11.7 Å². The van der Waals surface area contributed by atoms with Gasteiger partial charge in [0.1, 0.15) is 6.54 Å². The molecule has 0 amide bonds. The molecule has 9 nitrogen and oxygen atoms in total. The minimum Gasteiger partial charge on any atom is -0.465 e. The number of esters is 1. The van der Waals surface area contributed by atoms with Crippen molar-refractivity contribution in [3.63, 3.8) is 0 Å². The maximum Gasteiger partial charge on any atom is 0.333 e. The quantitative estimate of drug-likeness (QED) is 0.627. The first-order valence-corrected chi connectivity index (χ1v) is 9.09. The molecule has 3 aromatic rings. The highest BCUT2D eigenvalue weighted by molar-refractivity contribution is 5.77. The van der Waals surface area contributed by atoms with Crippen molar-refractivity contribution < 1.29 is 9.53 Å². The summed E-state index contributed by atoms with van der Waals surface area (Å²) >= 11 is 0. The van der Waals surface area contributed by atoms with Crippen LogP contribution >= 0.6 is 0 Å². The topological polar surface area (TPSA) is 92.5 Å². The Morgan fingerprint density at radius 1 is 1.19 bits per heavy atom. The molecule has 3 rings (SSSR count). The largest absolute Gasteiger partial charge is 0.465 e. The molecule has 0 radical (unpaired) electrons. The fourth-order valence-electron chi connectivity index (χ4n) is 3.46. The molecule has 1 unspecified atom stereocenters. The molecule has 0 bridgehead atoms. The lowest BCUT2D eigenvalue weighted by Gasteiger charge is -2.13. The number of carbonyl (C=O) groups is 1. The van der Waals surface area contributed by atoms with Crippen LogP contribution in [0.1, 0.15) is 44.6 Å². The normalized spacial score (nSPS) is 12.8. The average Bonchev–Trinajstić information content (AvgIpc) is 3.13. The lowest BCUT2D eigenvalue weighted by molar-refractivity contribution is -0.143. The Hall–Kier alpha value is -2.84. The highest BCUT2D eigenvalue weighted by Crippen LogP contribution is 2.25. The molecule has 3 aromatic heterocycles. The van der Waals surface area contributed by atoms with Crippen LogP contribution < -0.4 is 11.2 Å². The molecule has 0 saturated heterocycles. The van der Waals surface area contributed by atoms with E-state index < -0.39 is 23.8 Å². The zero-order chi connectivity index (χ0) is 20.0. The standard InChI is InChI=1S/C18H25N5O4/c1-7-10(3)22-11(4)12(5)23-14-15(19-17(22)23)20(6)18(26)21(16(14)25)9-13(24)27-8-2/h10H,7-9H2,1-6H3. The van der Waals surface area contributed by atoms with Crippen molar-refractivity contribution in [1.29, 1.82) is 0 Å². The van der Waals surface area contributed by atoms with E-state index in [9.17, 15) is 14.4 Å². The first-order valence-electron chi connectivity index (χ1n) is 9.09. The Balaban J connectivity index is 2.42. The van der Waals surface area contributed by atoms with Crippen LogP contribution in [0.4, 0.5) is 0 Å². The molecular formula is C18H25N5O4. The number of carbonyl (C=O) groups excluding carboxylic acids is 1. The van der Waals surface area contributed by atoms with Gasteiger partial charge < -0.3 is 9.30 Å². The van der Waals surface area contributed by atoms with E-state index in [0.717, 1.165) is 22.4 Å². The number of aromatic nitrogens is 5. The van der Waals surface area contributed by atoms with E-state index in [1.54, 1.807) is 18.4 Å². The summed E-state index contributed by atoms with van der Waals surface area (Å²) in [7, 11) is 1.55. The highest BCUT2D eigenvalue weighted by Gasteiger charge is 2.24. The van der Waals surface area contributed by atoms with Gasteiger partial charge in [0.2, 0.25) is 5.78 Å². The van der Waals surface area contributed by atoms with Crippen LogP contribution in [-0.2, 0) is 23.1 Å². The van der Waals surface area contributed by atoms with Crippen LogP contribution in [0.25, 0.3) is 16.9 Å². The summed E-state index contributed by atoms with van der Waals surface area (Å²) in [5, 5.41) is 0. The summed E-state index contributed by atoms with van der Waals surface area (Å²) in [6.45, 7) is 9.51. The van der Waals surface area contributed by atoms with Gasteiger partial charge in [-0.2, -0.15) is 4.98 Å². The highest BCUT2D eigenvalue weighted by atomic mass is 16.5. The van der Waals surface area contributed by atoms with E-state index in [1.165, 1.54) is 4.57 Å². The Bertz CT molecular complexity index is 1160. The molecule has 1 atom stereocenters. The average molecular weight is 375 g/mol. The van der Waals surface area contributed by atoms with Gasteiger partial charge in [-0.25, -0.2) is 9.36 Å². The van der Waals surface area contributed by atoms with E-state index in [2.05, 4.69) is 23.4 Å². The predicted octanol–water partition coefficient (Wildman–Crippen LogP) is 1.30. The Labute approximate surface area is 155 Å². The SMILES string of the molecule is CCOC(=O)Cn1c(=O)c2c(nc3n(C(C)CC)c(C)c(C)n23)n(C)c1=O. The Kier molecular flexibility index (Phi) is 4.71. The van der Waals surface area contributed by atoms with Crippen LogP contribution in [0, 0.1) is 13.8 Å². The first kappa shape index (κ1) is 18.9. The van der Waals surface area contributed by atoms with Crippen molar-refractivity contribution >= 4 is 22.9 Å². The molecule has 0 aromatic carbocycles. The maximum atomic E-state index is 13.1. The molecule has 0 saturated carbocycles. The lowest BCUT2D eigenvalue weighted by atomic mass is 10.2. The van der Waals surface area contributed by atoms with Crippen LogP contribution in [0.3, 0.4) is 0 Å². The molecule has 146 valence electrons. The molecule has 0 fully saturated rings. The summed E-state index contributed by atoms with van der Waals surface area (Å²) in [5.41, 5.74) is 1.35. The van der Waals surface area contributed by atoms with Crippen LogP contribution in [0.2, 0.25) is 0 Å². The second kappa shape index (κ2) is 6.71. The van der Waals surface area contributed by atoms with Gasteiger partial charge in [0.25, 0.3) is 5.56 Å². The molecule has 0 aliphatic heterocycles. The lowest BCUT2D eigenvalue weighted by Crippen LogP contribution is -2.41. The molecule has 27 heavy (non-hydrogen) atoms. The third-order valence-corrected chi connectivity index (χ3v) is 5.18. The number of rotatable bonds is 5. The van der Waals surface area contributed by atoms with Crippen LogP contribution in [0.5, 0.6) is 0 Å². The number of ether oxygens (including phenoxy) is 1. The van der Waals surface area contributed by atoms with Gasteiger partial charge in [0.15, 0.2) is 11.2 Å². The van der Waals surface area contributed by atoms with Crippen molar-refractivity contribution in [3.8, 4) is 0 Å². The number of aryl methyl sites for hydroxylation is 2. The Morgan fingerprint density at radius 2 is 1.85 bits per heavy atom. The van der Waals surface area contributed by atoms with Crippen molar-refractivity contribution in [2.45, 2.75) is 53.6 Å². The Morgan fingerprint density at radius 3 is 2.44 bits per heavy atom. The van der Waals surface area contributed by atoms with Gasteiger partial charge in [0.05, 0.1) is 6.61 Å². The van der Waals surface area contributed by atoms with E-state index in [0.29, 0.717) is 16.9 Å². The second-order valence-electron chi connectivity index (χ2n) is 6.76. The summed E-state index contributed by atoms with van der Waals surface area (Å²) in [5.74, 6) is -0.00257. The monoisotopic (exact) mass is 375 g/mol. The van der Waals surface area contributed by atoms with Gasteiger partial charge in [-0.05, 0) is 34.1 Å². The third-order valence-electron chi connectivity index (χ3n) is 5.18. The van der Waals surface area contributed by atoms with Crippen molar-refractivity contribution in [2.75, 3.05) is 6.61 Å². The summed E-state index contributed by atoms with van der Waals surface area (Å²) < 4.78 is 11.0. The molecule has 3 heterocycles. The maximum absolute atomic E-state index is 13.1. The molecule has 0 spiro atoms. The fourth-order valence-corrected chi connectivity index (χ4v) is 3.46. The van der Waals surface area contributed by atoms with Gasteiger partial charge in [-0.1, -0.05) is 6.92 Å². The molecule has 0 aliphatic carbocycles. The number of hydrogen-bond acceptors (Lipinski definition) is 5.